The first-order valence-corrected chi connectivity index (χ1v) is 98.7. The van der Waals surface area contributed by atoms with Crippen LogP contribution in [-0.2, 0) is 104 Å². The van der Waals surface area contributed by atoms with Crippen LogP contribution in [0, 0.1) is 47.3 Å². The van der Waals surface area contributed by atoms with Crippen LogP contribution in [0.1, 0.15) is 272 Å². The van der Waals surface area contributed by atoms with Gasteiger partial charge in [-0.1, -0.05) is 66.7 Å². The maximum atomic E-state index is 7.37. The number of epoxide rings is 8. The van der Waals surface area contributed by atoms with Gasteiger partial charge in [0.15, 0.2) is 0 Å². The van der Waals surface area contributed by atoms with E-state index < -0.39 is 137 Å². The van der Waals surface area contributed by atoms with Crippen molar-refractivity contribution in [3.8, 4) is 0 Å². The number of hydrogen-bond acceptors (Lipinski definition) is 24. The van der Waals surface area contributed by atoms with Crippen LogP contribution in [0.15, 0.2) is 0 Å². The molecule has 20 aliphatic rings. The lowest BCUT2D eigenvalue weighted by molar-refractivity contribution is 0.214. The zero-order chi connectivity index (χ0) is 98.2. The quantitative estimate of drug-likeness (QED) is 0.0429. The van der Waals surface area contributed by atoms with Gasteiger partial charge in [0.05, 0.1) is 97.7 Å². The number of ether oxygens (including phenoxy) is 8. The van der Waals surface area contributed by atoms with Gasteiger partial charge in [-0.05, 0) is 456 Å². The van der Waals surface area contributed by atoms with E-state index in [0.29, 0.717) is 97.7 Å². The van der Waals surface area contributed by atoms with E-state index >= 15 is 0 Å². The molecule has 0 aromatic carbocycles. The lowest BCUT2D eigenvalue weighted by atomic mass is 9.88. The Bertz CT molecular complexity index is 3710. The molecule has 0 aromatic heterocycles. The molecule has 0 N–H and O–H groups in total. The number of rotatable bonds is 34. The normalized spacial score (nSPS) is 50.1. The Labute approximate surface area is 854 Å². The lowest BCUT2D eigenvalue weighted by Crippen LogP contribution is -2.67. The molecule has 138 heavy (non-hydrogen) atoms. The molecule has 0 spiro atoms. The first-order chi connectivity index (χ1) is 65.0. The molecule has 12 aliphatic heterocycles. The van der Waals surface area contributed by atoms with Crippen molar-refractivity contribution in [2.45, 2.75) is 573 Å². The summed E-state index contributed by atoms with van der Waals surface area (Å²) in [5, 5.41) is 0. The summed E-state index contributed by atoms with van der Waals surface area (Å²) in [6.45, 7) is 54.6. The van der Waals surface area contributed by atoms with Crippen molar-refractivity contribution < 1.29 is 104 Å². The minimum absolute atomic E-state index is 0.537. The fourth-order valence-corrected chi connectivity index (χ4v) is 122. The van der Waals surface area contributed by atoms with E-state index in [1.807, 2.05) is 0 Å². The van der Waals surface area contributed by atoms with Crippen LogP contribution in [0.25, 0.3) is 0 Å². The van der Waals surface area contributed by atoms with E-state index in [4.69, 9.17) is 104 Å². The summed E-state index contributed by atoms with van der Waals surface area (Å²) in [5.74, 6) is 6.01. The number of fused-ring (bicyclic) bond motifs is 8. The molecule has 796 valence electrons. The third-order valence-corrected chi connectivity index (χ3v) is 109. The van der Waals surface area contributed by atoms with Crippen LogP contribution in [0.4, 0.5) is 0 Å². The molecule has 20 fully saturated rings. The summed E-state index contributed by atoms with van der Waals surface area (Å²) in [6.07, 6.45) is 54.0. The van der Waals surface area contributed by atoms with E-state index in [0.717, 1.165) is 158 Å². The predicted molar refractivity (Wildman–Crippen MR) is 580 cm³/mol. The molecule has 8 aliphatic carbocycles. The second kappa shape index (κ2) is 44.8. The van der Waals surface area contributed by atoms with Gasteiger partial charge in [0.25, 0.3) is 0 Å². The van der Waals surface area contributed by atoms with E-state index in [2.05, 4.69) is 159 Å². The predicted octanol–water partition coefficient (Wildman–Crippen LogP) is 26.0. The molecule has 12 saturated heterocycles. The van der Waals surface area contributed by atoms with E-state index in [9.17, 15) is 0 Å². The Balaban J connectivity index is 0.000000127. The van der Waals surface area contributed by atoms with Gasteiger partial charge in [0, 0.05) is 0 Å². The highest BCUT2D eigenvalue weighted by Gasteiger charge is 2.64. The molecule has 20 rings (SSSR count). The molecule has 0 aromatic rings. The molecular formula is C98H196O24Si16. The van der Waals surface area contributed by atoms with Crippen molar-refractivity contribution in [3.63, 3.8) is 0 Å². The Morgan fingerprint density at radius 2 is 0.246 bits per heavy atom. The van der Waals surface area contributed by atoms with Crippen molar-refractivity contribution in [1.29, 1.82) is 0 Å². The van der Waals surface area contributed by atoms with Crippen molar-refractivity contribution in [3.05, 3.63) is 0 Å². The molecule has 0 bridgehead atoms. The third kappa shape index (κ3) is 31.9. The SMILES string of the molecule is CCC[Si]1(C)O[Si](C)(CCC)O[Si](C)(CCC2CCC3OC3C2)O[Si](C)(CCC2CCC3OC3C2)O1.CCC[Si]1(C)O[Si](C)(CCC2CCC3OC3C2)O[Si](C)(C)O[Si](C)(CCC2CCC3OC3C2)O1.CCC[Si]1(C)O[Si](C)(CCC2CCC3OC3C2)O[Si](C)(CCC)O[Si](C)(CCC2CCC3OC3C2)O1.C[Si]1(C)O[Si](C)(CCC2CCC3OC3C2)O[Si](C)(C)O[Si](C)(CCC2CCC3OC3C2)O1. The van der Waals surface area contributed by atoms with Gasteiger partial charge in [0.1, 0.15) is 0 Å². The molecule has 24 nitrogen and oxygen atoms in total. The van der Waals surface area contributed by atoms with Crippen molar-refractivity contribution in [2.24, 2.45) is 47.3 Å². The van der Waals surface area contributed by atoms with Gasteiger partial charge in [0.2, 0.25) is 0 Å². The van der Waals surface area contributed by atoms with Crippen LogP contribution in [0.2, 0.25) is 203 Å². The molecule has 0 radical (unpaired) electrons. The molecule has 12 heterocycles. The molecule has 8 saturated carbocycles. The van der Waals surface area contributed by atoms with Crippen molar-refractivity contribution in [1.82, 2.24) is 0 Å². The summed E-state index contributed by atoms with van der Waals surface area (Å²) in [5.41, 5.74) is 0. The summed E-state index contributed by atoms with van der Waals surface area (Å²) < 4.78 is 160. The Hall–Kier alpha value is 2.51. The highest BCUT2D eigenvalue weighted by atomic mass is 28.6. The fourth-order valence-electron chi connectivity index (χ4n) is 29.3. The molecular weight excluding hydrogens is 2010 g/mol. The van der Waals surface area contributed by atoms with E-state index in [1.165, 1.54) is 205 Å². The average molecular weight is 2210 g/mol. The summed E-state index contributed by atoms with van der Waals surface area (Å²) in [4.78, 5) is 0. The topological polar surface area (TPSA) is 248 Å². The smallest absolute Gasteiger partial charge is 0.317 e. The van der Waals surface area contributed by atoms with Crippen LogP contribution >= 0.6 is 0 Å². The fraction of sp³-hybridized carbons (Fsp3) is 1.00. The minimum Gasteiger partial charge on any atom is -0.416 e. The maximum Gasteiger partial charge on any atom is 0.317 e. The van der Waals surface area contributed by atoms with Gasteiger partial charge < -0.3 is 104 Å². The monoisotopic (exact) mass is 2210 g/mol. The lowest BCUT2D eigenvalue weighted by Gasteiger charge is -2.51. The van der Waals surface area contributed by atoms with Crippen LogP contribution in [-0.4, -0.2) is 235 Å². The Morgan fingerprint density at radius 1 is 0.138 bits per heavy atom. The van der Waals surface area contributed by atoms with Crippen molar-refractivity contribution >= 4 is 137 Å². The number of hydrogen-bond donors (Lipinski definition) is 0. The molecule has 30 unspecified atom stereocenters. The molecule has 30 atom stereocenters. The average Bonchev–Trinajstić information content (AvgIpc) is 1.61. The van der Waals surface area contributed by atoms with Gasteiger partial charge in [-0.15, -0.1) is 0 Å². The van der Waals surface area contributed by atoms with E-state index in [-0.39, 0.29) is 0 Å². The van der Waals surface area contributed by atoms with Crippen LogP contribution < -0.4 is 0 Å². The summed E-state index contributed by atoms with van der Waals surface area (Å²) in [7, 11) is -38.4. The third-order valence-electron chi connectivity index (χ3n) is 35.6. The summed E-state index contributed by atoms with van der Waals surface area (Å²) >= 11 is 0. The first kappa shape index (κ1) is 112. The van der Waals surface area contributed by atoms with Gasteiger partial charge in [-0.2, -0.15) is 0 Å². The minimum atomic E-state index is -2.47. The van der Waals surface area contributed by atoms with Gasteiger partial charge in [-0.3, -0.25) is 0 Å². The Morgan fingerprint density at radius 3 is 0.362 bits per heavy atom. The van der Waals surface area contributed by atoms with Crippen LogP contribution in [0.3, 0.4) is 0 Å². The highest BCUT2D eigenvalue weighted by Crippen LogP contribution is 2.54. The highest BCUT2D eigenvalue weighted by molar-refractivity contribution is 6.97. The van der Waals surface area contributed by atoms with Gasteiger partial charge >= 0.3 is 137 Å². The zero-order valence-corrected chi connectivity index (χ0v) is 107. The Kier molecular flexibility index (Phi) is 36.2. The second-order valence-electron chi connectivity index (χ2n) is 51.8. The van der Waals surface area contributed by atoms with E-state index in [1.54, 1.807) is 0 Å². The molecule has 0 amide bonds. The standard InChI is InChI=1S/2C26H52O6Si4.C24H48O6Si4.C22H44O6Si4/c1-7-15-33(3)29-35(5,17-13-21-9-11-23-25(19-21)27-23)31-34(4,16-8-2)32-36(6,30-33)18-14-22-10-12-24-26(20-22)28-24;1-7-15-33(3)29-34(4,16-8-2)31-36(6,18-14-22-10-12-24-26(20-22)28-24)32-35(5,30-33)17-13-21-9-11-23-25(19-21)27-23;1-7-14-32(4)29-33(5,15-12-19-8-10-21-23(17-19)25-21)27-31(2,3)28-34(6,30-32)16-13-20-9-11-22-24(18-20)26-22;1-29(2)25-31(5,13-11-17-7-9-19-21(15-17)23-19)27-30(3,4)28-32(6,26-29)14-12-18-8-10-20-22(16-18)24-20/h2*21-26H,7-20H2,1-6H3;19-24H,7-18H2,1-6H3;17-22H,7-16H2,1-6H3. The molecule has 40 heteroatoms. The van der Waals surface area contributed by atoms with Crippen LogP contribution in [0.5, 0.6) is 0 Å². The zero-order valence-electron chi connectivity index (χ0n) is 91.0. The first-order valence-electron chi connectivity index (χ1n) is 57.4. The second-order valence-corrected chi connectivity index (χ2v) is 109. The largest absolute Gasteiger partial charge is 0.416 e. The summed E-state index contributed by atoms with van der Waals surface area (Å²) in [6, 6.07) is 13.5. The maximum absolute atomic E-state index is 7.37. The van der Waals surface area contributed by atoms with Gasteiger partial charge in [-0.25, -0.2) is 0 Å². The van der Waals surface area contributed by atoms with Crippen molar-refractivity contribution in [2.75, 3.05) is 0 Å².